The topological polar surface area (TPSA) is 66.6 Å². The molecule has 6 heteroatoms. The summed E-state index contributed by atoms with van der Waals surface area (Å²) in [6, 6.07) is -0.301. The van der Waals surface area contributed by atoms with Crippen LogP contribution >= 0.6 is 12.2 Å². The van der Waals surface area contributed by atoms with Crippen LogP contribution in [0.2, 0.25) is 0 Å². The van der Waals surface area contributed by atoms with Crippen molar-refractivity contribution in [3.63, 3.8) is 0 Å². The number of piperazine rings is 1. The van der Waals surface area contributed by atoms with Gasteiger partial charge in [-0.3, -0.25) is 9.59 Å². The number of nitrogens with two attached hydrogens (primary N) is 1. The standard InChI is InChI=1S/C10H17N3O2S/c1-3-7(8(11)16)13-6-5-12(4-2)9(14)10(13)15/h7H,3-6H2,1-2H3,(H2,11,16). The van der Waals surface area contributed by atoms with Gasteiger partial charge in [0.05, 0.1) is 11.0 Å². The van der Waals surface area contributed by atoms with Crippen LogP contribution in [0.4, 0.5) is 0 Å². The number of carbonyl (C=O) groups excluding carboxylic acids is 2. The highest BCUT2D eigenvalue weighted by atomic mass is 32.1. The molecule has 2 amide bonds. The minimum Gasteiger partial charge on any atom is -0.392 e. The summed E-state index contributed by atoms with van der Waals surface area (Å²) >= 11 is 4.91. The highest BCUT2D eigenvalue weighted by Crippen LogP contribution is 2.11. The van der Waals surface area contributed by atoms with Crippen LogP contribution in [0.25, 0.3) is 0 Å². The van der Waals surface area contributed by atoms with E-state index in [1.165, 1.54) is 9.80 Å². The van der Waals surface area contributed by atoms with Crippen LogP contribution in [-0.4, -0.2) is 52.3 Å². The number of rotatable bonds is 4. The second kappa shape index (κ2) is 5.25. The molecule has 0 aliphatic carbocycles. The zero-order chi connectivity index (χ0) is 12.3. The SMILES string of the molecule is CCC(C(N)=S)N1CCN(CC)C(=O)C1=O. The molecule has 1 aliphatic heterocycles. The Balaban J connectivity index is 2.82. The Kier molecular flexibility index (Phi) is 4.23. The van der Waals surface area contributed by atoms with Gasteiger partial charge in [0.2, 0.25) is 0 Å². The third-order valence-corrected chi connectivity index (χ3v) is 3.09. The first-order valence-corrected chi connectivity index (χ1v) is 5.82. The van der Waals surface area contributed by atoms with Gasteiger partial charge in [0.15, 0.2) is 0 Å². The van der Waals surface area contributed by atoms with Crippen LogP contribution in [0, 0.1) is 0 Å². The van der Waals surface area contributed by atoms with Crippen molar-refractivity contribution >= 4 is 29.0 Å². The smallest absolute Gasteiger partial charge is 0.312 e. The van der Waals surface area contributed by atoms with E-state index < -0.39 is 11.8 Å². The fourth-order valence-corrected chi connectivity index (χ4v) is 2.16. The van der Waals surface area contributed by atoms with E-state index in [1.807, 2.05) is 13.8 Å². The van der Waals surface area contributed by atoms with Crippen molar-refractivity contribution in [3.05, 3.63) is 0 Å². The summed E-state index contributed by atoms with van der Waals surface area (Å²) in [6.07, 6.45) is 0.639. The fourth-order valence-electron chi connectivity index (χ4n) is 1.86. The number of thiocarbonyl (C=S) groups is 1. The summed E-state index contributed by atoms with van der Waals surface area (Å²) < 4.78 is 0. The number of likely N-dealkylation sites (N-methyl/N-ethyl adjacent to an activating group) is 1. The number of amides is 2. The number of hydrogen-bond donors (Lipinski definition) is 1. The van der Waals surface area contributed by atoms with E-state index in [2.05, 4.69) is 0 Å². The molecule has 1 fully saturated rings. The Morgan fingerprint density at radius 2 is 2.00 bits per heavy atom. The predicted octanol–water partition coefficient (Wildman–Crippen LogP) is -0.258. The van der Waals surface area contributed by atoms with E-state index in [-0.39, 0.29) is 11.0 Å². The molecule has 0 aromatic heterocycles. The Morgan fingerprint density at radius 3 is 2.44 bits per heavy atom. The number of carbonyl (C=O) groups is 2. The molecule has 16 heavy (non-hydrogen) atoms. The summed E-state index contributed by atoms with van der Waals surface area (Å²) in [5.41, 5.74) is 5.57. The number of hydrogen-bond acceptors (Lipinski definition) is 3. The van der Waals surface area contributed by atoms with Gasteiger partial charge in [-0.1, -0.05) is 19.1 Å². The lowest BCUT2D eigenvalue weighted by Crippen LogP contribution is -2.59. The summed E-state index contributed by atoms with van der Waals surface area (Å²) in [7, 11) is 0. The molecule has 1 saturated heterocycles. The zero-order valence-corrected chi connectivity index (χ0v) is 10.4. The first-order valence-electron chi connectivity index (χ1n) is 5.42. The molecule has 0 aromatic carbocycles. The quantitative estimate of drug-likeness (QED) is 0.546. The summed E-state index contributed by atoms with van der Waals surface area (Å²) in [6.45, 7) is 5.37. The Hall–Kier alpha value is -1.17. The van der Waals surface area contributed by atoms with Gasteiger partial charge in [-0.2, -0.15) is 0 Å². The lowest BCUT2D eigenvalue weighted by atomic mass is 10.1. The van der Waals surface area contributed by atoms with Gasteiger partial charge in [-0.15, -0.1) is 0 Å². The van der Waals surface area contributed by atoms with E-state index in [4.69, 9.17) is 18.0 Å². The van der Waals surface area contributed by atoms with Gasteiger partial charge >= 0.3 is 11.8 Å². The van der Waals surface area contributed by atoms with Crippen LogP contribution in [0.1, 0.15) is 20.3 Å². The molecule has 0 aromatic rings. The molecule has 0 radical (unpaired) electrons. The van der Waals surface area contributed by atoms with Crippen LogP contribution in [0.15, 0.2) is 0 Å². The van der Waals surface area contributed by atoms with Crippen molar-refractivity contribution in [1.82, 2.24) is 9.80 Å². The zero-order valence-electron chi connectivity index (χ0n) is 9.60. The van der Waals surface area contributed by atoms with Crippen molar-refractivity contribution in [2.45, 2.75) is 26.3 Å². The van der Waals surface area contributed by atoms with Gasteiger partial charge in [0.25, 0.3) is 0 Å². The second-order valence-corrected chi connectivity index (χ2v) is 4.18. The first kappa shape index (κ1) is 12.9. The molecule has 1 aliphatic rings. The maximum absolute atomic E-state index is 11.8. The van der Waals surface area contributed by atoms with Crippen LogP contribution in [0.3, 0.4) is 0 Å². The highest BCUT2D eigenvalue weighted by molar-refractivity contribution is 7.80. The molecule has 5 nitrogen and oxygen atoms in total. The Labute approximate surface area is 101 Å². The molecule has 1 atom stereocenters. The normalized spacial score (nSPS) is 18.9. The van der Waals surface area contributed by atoms with Crippen molar-refractivity contribution in [2.24, 2.45) is 5.73 Å². The van der Waals surface area contributed by atoms with Crippen LogP contribution < -0.4 is 5.73 Å². The van der Waals surface area contributed by atoms with Gasteiger partial charge in [0, 0.05) is 19.6 Å². The minimum absolute atomic E-state index is 0.272. The Bertz CT molecular complexity index is 319. The molecule has 0 bridgehead atoms. The Morgan fingerprint density at radius 1 is 1.38 bits per heavy atom. The molecule has 2 N–H and O–H groups in total. The predicted molar refractivity (Wildman–Crippen MR) is 64.8 cm³/mol. The molecular formula is C10H17N3O2S. The van der Waals surface area contributed by atoms with E-state index >= 15 is 0 Å². The van der Waals surface area contributed by atoms with E-state index in [9.17, 15) is 9.59 Å². The van der Waals surface area contributed by atoms with Crippen molar-refractivity contribution < 1.29 is 9.59 Å². The molecule has 90 valence electrons. The number of nitrogens with zero attached hydrogens (tertiary/aromatic N) is 2. The lowest BCUT2D eigenvalue weighted by molar-refractivity contribution is -0.156. The van der Waals surface area contributed by atoms with Crippen molar-refractivity contribution in [3.8, 4) is 0 Å². The average Bonchev–Trinajstić information content (AvgIpc) is 2.25. The van der Waals surface area contributed by atoms with Crippen LogP contribution in [0.5, 0.6) is 0 Å². The summed E-state index contributed by atoms with van der Waals surface area (Å²) in [5.74, 6) is -0.948. The third-order valence-electron chi connectivity index (χ3n) is 2.81. The van der Waals surface area contributed by atoms with Gasteiger partial charge in [-0.25, -0.2) is 0 Å². The van der Waals surface area contributed by atoms with E-state index in [0.717, 1.165) is 0 Å². The minimum atomic E-state index is -0.493. The maximum Gasteiger partial charge on any atom is 0.312 e. The fraction of sp³-hybridized carbons (Fsp3) is 0.700. The maximum atomic E-state index is 11.8. The second-order valence-electron chi connectivity index (χ2n) is 3.71. The van der Waals surface area contributed by atoms with E-state index in [0.29, 0.717) is 26.1 Å². The molecule has 1 heterocycles. The molecule has 1 unspecified atom stereocenters. The van der Waals surface area contributed by atoms with Gasteiger partial charge in [0.1, 0.15) is 0 Å². The largest absolute Gasteiger partial charge is 0.392 e. The molecule has 0 spiro atoms. The van der Waals surface area contributed by atoms with Crippen LogP contribution in [-0.2, 0) is 9.59 Å². The summed E-state index contributed by atoms with van der Waals surface area (Å²) in [4.78, 5) is 26.8. The van der Waals surface area contributed by atoms with E-state index in [1.54, 1.807) is 0 Å². The van der Waals surface area contributed by atoms with Crippen molar-refractivity contribution in [1.29, 1.82) is 0 Å². The lowest BCUT2D eigenvalue weighted by Gasteiger charge is -2.37. The third kappa shape index (κ3) is 2.32. The average molecular weight is 243 g/mol. The monoisotopic (exact) mass is 243 g/mol. The van der Waals surface area contributed by atoms with Crippen molar-refractivity contribution in [2.75, 3.05) is 19.6 Å². The van der Waals surface area contributed by atoms with Gasteiger partial charge < -0.3 is 15.5 Å². The highest BCUT2D eigenvalue weighted by Gasteiger charge is 2.35. The summed E-state index contributed by atoms with van der Waals surface area (Å²) in [5, 5.41) is 0. The van der Waals surface area contributed by atoms with Gasteiger partial charge in [-0.05, 0) is 13.3 Å². The molecular weight excluding hydrogens is 226 g/mol. The molecule has 1 rings (SSSR count). The molecule has 0 saturated carbocycles. The first-order chi connectivity index (χ1) is 7.52.